The number of amides is 1. The molecule has 116 valence electrons. The zero-order valence-electron chi connectivity index (χ0n) is 12.1. The Labute approximate surface area is 122 Å². The average Bonchev–Trinajstić information content (AvgIpc) is 2.96. The first-order chi connectivity index (χ1) is 10.1. The van der Waals surface area contributed by atoms with Gasteiger partial charge in [0, 0.05) is 12.8 Å². The van der Waals surface area contributed by atoms with Crippen LogP contribution in [-0.2, 0) is 30.3 Å². The molecular formula is C14H19NO6. The number of rotatable bonds is 8. The Hall–Kier alpha value is -2.31. The number of esters is 2. The minimum atomic E-state index is -1.44. The molecule has 0 aliphatic heterocycles. The zero-order chi connectivity index (χ0) is 15.7. The van der Waals surface area contributed by atoms with E-state index in [0.717, 1.165) is 0 Å². The monoisotopic (exact) mass is 297 g/mol. The fourth-order valence-corrected chi connectivity index (χ4v) is 1.59. The van der Waals surface area contributed by atoms with Crippen LogP contribution in [0.25, 0.3) is 0 Å². The number of nitrogens with one attached hydrogen (secondary N) is 1. The van der Waals surface area contributed by atoms with Gasteiger partial charge >= 0.3 is 11.9 Å². The van der Waals surface area contributed by atoms with Gasteiger partial charge in [0.05, 0.1) is 19.5 Å². The zero-order valence-corrected chi connectivity index (χ0v) is 12.1. The maximum Gasteiger partial charge on any atom is 0.340 e. The summed E-state index contributed by atoms with van der Waals surface area (Å²) in [4.78, 5) is 35.1. The van der Waals surface area contributed by atoms with Crippen molar-refractivity contribution < 1.29 is 28.3 Å². The molecule has 0 aromatic carbocycles. The lowest BCUT2D eigenvalue weighted by molar-refractivity contribution is -0.159. The number of ether oxygens (including phenoxy) is 2. The smallest absolute Gasteiger partial charge is 0.340 e. The molecule has 7 heteroatoms. The third-order valence-corrected chi connectivity index (χ3v) is 2.53. The number of hydrogen-bond acceptors (Lipinski definition) is 6. The second kappa shape index (κ2) is 8.78. The summed E-state index contributed by atoms with van der Waals surface area (Å²) in [5, 5.41) is 2.32. The van der Waals surface area contributed by atoms with Gasteiger partial charge in [-0.05, 0) is 26.0 Å². The molecule has 1 rings (SSSR count). The number of hydrogen-bond donors (Lipinski definition) is 1. The van der Waals surface area contributed by atoms with Gasteiger partial charge in [-0.15, -0.1) is 0 Å². The number of furan rings is 1. The van der Waals surface area contributed by atoms with E-state index in [-0.39, 0.29) is 19.6 Å². The van der Waals surface area contributed by atoms with Crippen LogP contribution in [0.2, 0.25) is 0 Å². The van der Waals surface area contributed by atoms with Crippen molar-refractivity contribution in [2.45, 2.75) is 32.7 Å². The lowest BCUT2D eigenvalue weighted by Gasteiger charge is -2.15. The molecule has 0 saturated heterocycles. The maximum absolute atomic E-state index is 11.8. The highest BCUT2D eigenvalue weighted by Gasteiger charge is 2.31. The molecule has 1 aromatic heterocycles. The summed E-state index contributed by atoms with van der Waals surface area (Å²) in [6, 6.07) is 2.02. The molecule has 0 atom stereocenters. The van der Waals surface area contributed by atoms with Crippen LogP contribution in [0.5, 0.6) is 0 Å². The van der Waals surface area contributed by atoms with E-state index in [1.807, 2.05) is 0 Å². The lowest BCUT2D eigenvalue weighted by Crippen LogP contribution is -2.48. The minimum Gasteiger partial charge on any atom is -0.469 e. The van der Waals surface area contributed by atoms with E-state index < -0.39 is 23.9 Å². The van der Waals surface area contributed by atoms with Crippen molar-refractivity contribution in [3.8, 4) is 0 Å². The lowest BCUT2D eigenvalue weighted by atomic mass is 10.2. The Morgan fingerprint density at radius 3 is 2.29 bits per heavy atom. The quantitative estimate of drug-likeness (QED) is 0.564. The maximum atomic E-state index is 11.8. The molecule has 0 fully saturated rings. The Balaban J connectivity index is 2.55. The van der Waals surface area contributed by atoms with Crippen molar-refractivity contribution in [1.82, 2.24) is 5.32 Å². The molecule has 0 aliphatic rings. The van der Waals surface area contributed by atoms with Crippen molar-refractivity contribution in [3.05, 3.63) is 24.2 Å². The molecule has 0 aliphatic carbocycles. The predicted molar refractivity (Wildman–Crippen MR) is 72.2 cm³/mol. The van der Waals surface area contributed by atoms with Gasteiger partial charge in [-0.3, -0.25) is 4.79 Å². The fraction of sp³-hybridized carbons (Fsp3) is 0.500. The first kappa shape index (κ1) is 16.7. The summed E-state index contributed by atoms with van der Waals surface area (Å²) < 4.78 is 14.6. The molecule has 7 nitrogen and oxygen atoms in total. The first-order valence-electron chi connectivity index (χ1n) is 6.73. The van der Waals surface area contributed by atoms with Crippen molar-refractivity contribution >= 4 is 17.8 Å². The van der Waals surface area contributed by atoms with Crippen molar-refractivity contribution in [2.75, 3.05) is 13.2 Å². The summed E-state index contributed by atoms with van der Waals surface area (Å²) >= 11 is 0. The highest BCUT2D eigenvalue weighted by molar-refractivity contribution is 6.02. The van der Waals surface area contributed by atoms with E-state index in [9.17, 15) is 14.4 Å². The van der Waals surface area contributed by atoms with Crippen molar-refractivity contribution in [3.63, 3.8) is 0 Å². The van der Waals surface area contributed by atoms with Gasteiger partial charge in [-0.25, -0.2) is 9.59 Å². The summed E-state index contributed by atoms with van der Waals surface area (Å²) in [6.07, 6.45) is 1.97. The predicted octanol–water partition coefficient (Wildman–Crippen LogP) is 0.823. The van der Waals surface area contributed by atoms with Crippen LogP contribution in [0.15, 0.2) is 22.8 Å². The van der Waals surface area contributed by atoms with Gasteiger partial charge in [0.1, 0.15) is 5.76 Å². The Morgan fingerprint density at radius 1 is 1.19 bits per heavy atom. The van der Waals surface area contributed by atoms with Crippen LogP contribution >= 0.6 is 0 Å². The third-order valence-electron chi connectivity index (χ3n) is 2.53. The van der Waals surface area contributed by atoms with E-state index in [4.69, 9.17) is 13.9 Å². The Kier molecular flexibility index (Phi) is 7.00. The van der Waals surface area contributed by atoms with Gasteiger partial charge in [0.2, 0.25) is 11.9 Å². The molecule has 1 heterocycles. The SMILES string of the molecule is CCOC(=O)C(NC(=O)CCc1ccco1)C(=O)OCC. The number of aryl methyl sites for hydroxylation is 1. The molecule has 0 unspecified atom stereocenters. The third kappa shape index (κ3) is 5.68. The average molecular weight is 297 g/mol. The van der Waals surface area contributed by atoms with E-state index in [2.05, 4.69) is 5.32 Å². The molecule has 1 aromatic rings. The van der Waals surface area contributed by atoms with Crippen LogP contribution < -0.4 is 5.32 Å². The van der Waals surface area contributed by atoms with Crippen LogP contribution in [0, 0.1) is 0 Å². The normalized spacial score (nSPS) is 10.2. The largest absolute Gasteiger partial charge is 0.469 e. The molecular weight excluding hydrogens is 278 g/mol. The Morgan fingerprint density at radius 2 is 1.81 bits per heavy atom. The molecule has 0 spiro atoms. The van der Waals surface area contributed by atoms with Gasteiger partial charge in [-0.2, -0.15) is 0 Å². The van der Waals surface area contributed by atoms with E-state index in [1.165, 1.54) is 6.26 Å². The van der Waals surface area contributed by atoms with Crippen LogP contribution in [0.4, 0.5) is 0 Å². The molecule has 0 radical (unpaired) electrons. The second-order valence-corrected chi connectivity index (χ2v) is 4.08. The van der Waals surface area contributed by atoms with Crippen LogP contribution in [-0.4, -0.2) is 37.1 Å². The summed E-state index contributed by atoms with van der Waals surface area (Å²) in [7, 11) is 0. The van der Waals surface area contributed by atoms with Crippen LogP contribution in [0.3, 0.4) is 0 Å². The van der Waals surface area contributed by atoms with Gasteiger partial charge in [-0.1, -0.05) is 0 Å². The highest BCUT2D eigenvalue weighted by Crippen LogP contribution is 2.04. The van der Waals surface area contributed by atoms with Crippen LogP contribution in [0.1, 0.15) is 26.0 Å². The minimum absolute atomic E-state index is 0.0861. The Bertz CT molecular complexity index is 450. The summed E-state index contributed by atoms with van der Waals surface area (Å²) in [6.45, 7) is 3.44. The molecule has 21 heavy (non-hydrogen) atoms. The van der Waals surface area contributed by atoms with Gasteiger partial charge in [0.15, 0.2) is 0 Å². The molecule has 1 amide bonds. The van der Waals surface area contributed by atoms with E-state index in [0.29, 0.717) is 12.2 Å². The summed E-state index contributed by atoms with van der Waals surface area (Å²) in [5.41, 5.74) is 0. The van der Waals surface area contributed by atoms with E-state index in [1.54, 1.807) is 26.0 Å². The fourth-order valence-electron chi connectivity index (χ4n) is 1.59. The number of carbonyl (C=O) groups is 3. The van der Waals surface area contributed by atoms with Crippen molar-refractivity contribution in [1.29, 1.82) is 0 Å². The van der Waals surface area contributed by atoms with E-state index >= 15 is 0 Å². The molecule has 0 saturated carbocycles. The molecule has 1 N–H and O–H groups in total. The topological polar surface area (TPSA) is 94.8 Å². The number of carbonyl (C=O) groups excluding carboxylic acids is 3. The standard InChI is InChI=1S/C14H19NO6/c1-3-19-13(17)12(14(18)20-4-2)15-11(16)8-7-10-6-5-9-21-10/h5-6,9,12H,3-4,7-8H2,1-2H3,(H,15,16). The van der Waals surface area contributed by atoms with Gasteiger partial charge < -0.3 is 19.2 Å². The second-order valence-electron chi connectivity index (χ2n) is 4.08. The highest BCUT2D eigenvalue weighted by atomic mass is 16.6. The van der Waals surface area contributed by atoms with Crippen molar-refractivity contribution in [2.24, 2.45) is 0 Å². The van der Waals surface area contributed by atoms with Gasteiger partial charge in [0.25, 0.3) is 0 Å². The first-order valence-corrected chi connectivity index (χ1v) is 6.73. The molecule has 0 bridgehead atoms. The summed E-state index contributed by atoms with van der Waals surface area (Å²) in [5.74, 6) is -1.48.